The number of hydrogen-bond acceptors (Lipinski definition) is 4. The van der Waals surface area contributed by atoms with Crippen molar-refractivity contribution >= 4 is 22.8 Å². The van der Waals surface area contributed by atoms with Gasteiger partial charge in [-0.05, 0) is 18.1 Å². The summed E-state index contributed by atoms with van der Waals surface area (Å²) in [7, 11) is 1.88. The van der Waals surface area contributed by atoms with Crippen molar-refractivity contribution in [3.63, 3.8) is 0 Å². The van der Waals surface area contributed by atoms with E-state index in [4.69, 9.17) is 4.42 Å². The molecule has 0 radical (unpaired) electrons. The lowest BCUT2D eigenvalue weighted by molar-refractivity contribution is -0.142. The summed E-state index contributed by atoms with van der Waals surface area (Å²) in [6.07, 6.45) is 1.41. The predicted octanol–water partition coefficient (Wildman–Crippen LogP) is 2.62. The summed E-state index contributed by atoms with van der Waals surface area (Å²) in [5, 5.41) is 9.22. The molecule has 0 saturated heterocycles. The van der Waals surface area contributed by atoms with Crippen molar-refractivity contribution in [2.24, 2.45) is 11.8 Å². The van der Waals surface area contributed by atoms with Crippen LogP contribution in [0.4, 0.5) is 5.69 Å². The molecule has 0 aliphatic carbocycles. The van der Waals surface area contributed by atoms with E-state index in [1.807, 2.05) is 44.0 Å². The van der Waals surface area contributed by atoms with E-state index in [0.29, 0.717) is 12.1 Å². The lowest BCUT2D eigenvalue weighted by Crippen LogP contribution is -2.33. The molecule has 2 rings (SSSR count). The second-order valence-electron chi connectivity index (χ2n) is 5.07. The molecule has 1 unspecified atom stereocenters. The van der Waals surface area contributed by atoms with Crippen molar-refractivity contribution in [1.82, 2.24) is 4.98 Å². The van der Waals surface area contributed by atoms with Gasteiger partial charge in [-0.1, -0.05) is 13.8 Å². The molecule has 1 atom stereocenters. The van der Waals surface area contributed by atoms with Crippen LogP contribution in [0.1, 0.15) is 13.8 Å². The quantitative estimate of drug-likeness (QED) is 0.897. The van der Waals surface area contributed by atoms with Gasteiger partial charge in [0.25, 0.3) is 0 Å². The van der Waals surface area contributed by atoms with E-state index in [2.05, 4.69) is 4.98 Å². The molecule has 0 fully saturated rings. The Kier molecular flexibility index (Phi) is 3.74. The number of fused-ring (bicyclic) bond motifs is 1. The van der Waals surface area contributed by atoms with Crippen LogP contribution in [0.15, 0.2) is 29.0 Å². The van der Waals surface area contributed by atoms with Crippen LogP contribution in [-0.2, 0) is 4.79 Å². The fourth-order valence-corrected chi connectivity index (χ4v) is 2.06. The third kappa shape index (κ3) is 2.86. The Bertz CT molecular complexity index is 577. The molecular weight excluding hydrogens is 244 g/mol. The third-order valence-electron chi connectivity index (χ3n) is 3.35. The molecule has 0 amide bonds. The zero-order chi connectivity index (χ0) is 14.0. The first-order valence-electron chi connectivity index (χ1n) is 6.26. The van der Waals surface area contributed by atoms with Gasteiger partial charge in [-0.2, -0.15) is 0 Å². The smallest absolute Gasteiger partial charge is 0.308 e. The largest absolute Gasteiger partial charge is 0.481 e. The normalized spacial score (nSPS) is 12.8. The maximum absolute atomic E-state index is 11.2. The summed E-state index contributed by atoms with van der Waals surface area (Å²) in [5.74, 6) is -1.06. The van der Waals surface area contributed by atoms with Crippen LogP contribution in [0.3, 0.4) is 0 Å². The van der Waals surface area contributed by atoms with Crippen molar-refractivity contribution in [1.29, 1.82) is 0 Å². The van der Waals surface area contributed by atoms with Gasteiger partial charge in [0.2, 0.25) is 0 Å². The van der Waals surface area contributed by atoms with Crippen LogP contribution >= 0.6 is 0 Å². The number of benzene rings is 1. The zero-order valence-corrected chi connectivity index (χ0v) is 11.3. The first kappa shape index (κ1) is 13.4. The first-order chi connectivity index (χ1) is 8.99. The number of aliphatic carboxylic acids is 1. The Morgan fingerprint density at radius 2 is 2.21 bits per heavy atom. The van der Waals surface area contributed by atoms with Crippen LogP contribution in [0.25, 0.3) is 11.1 Å². The van der Waals surface area contributed by atoms with E-state index >= 15 is 0 Å². The van der Waals surface area contributed by atoms with E-state index in [1.165, 1.54) is 6.39 Å². The molecule has 2 aromatic rings. The SMILES string of the molecule is CC(C)C(CN(C)c1ccc2ncoc2c1)C(=O)O. The van der Waals surface area contributed by atoms with Crippen LogP contribution in [0.2, 0.25) is 0 Å². The van der Waals surface area contributed by atoms with Crippen molar-refractivity contribution in [3.8, 4) is 0 Å². The minimum Gasteiger partial charge on any atom is -0.481 e. The minimum absolute atomic E-state index is 0.0916. The van der Waals surface area contributed by atoms with E-state index in [9.17, 15) is 9.90 Å². The van der Waals surface area contributed by atoms with Gasteiger partial charge in [0, 0.05) is 25.3 Å². The Hall–Kier alpha value is -2.04. The minimum atomic E-state index is -0.761. The number of anilines is 1. The summed E-state index contributed by atoms with van der Waals surface area (Å²) in [6, 6.07) is 5.67. The monoisotopic (exact) mass is 262 g/mol. The third-order valence-corrected chi connectivity index (χ3v) is 3.35. The second-order valence-corrected chi connectivity index (χ2v) is 5.07. The molecule has 19 heavy (non-hydrogen) atoms. The van der Waals surface area contributed by atoms with Gasteiger partial charge in [0.1, 0.15) is 5.52 Å². The molecule has 0 aliphatic rings. The van der Waals surface area contributed by atoms with Gasteiger partial charge in [-0.3, -0.25) is 4.79 Å². The number of carboxylic acids is 1. The number of oxazole rings is 1. The Morgan fingerprint density at radius 1 is 1.47 bits per heavy atom. The average molecular weight is 262 g/mol. The molecule has 1 aromatic heterocycles. The fraction of sp³-hybridized carbons (Fsp3) is 0.429. The van der Waals surface area contributed by atoms with Crippen LogP contribution in [0.5, 0.6) is 0 Å². The highest BCUT2D eigenvalue weighted by molar-refractivity contribution is 5.77. The molecule has 0 saturated carbocycles. The van der Waals surface area contributed by atoms with Crippen molar-refractivity contribution in [3.05, 3.63) is 24.6 Å². The van der Waals surface area contributed by atoms with Crippen molar-refractivity contribution < 1.29 is 14.3 Å². The Balaban J connectivity index is 2.18. The highest BCUT2D eigenvalue weighted by atomic mass is 16.4. The van der Waals surface area contributed by atoms with Crippen molar-refractivity contribution in [2.45, 2.75) is 13.8 Å². The molecule has 5 nitrogen and oxygen atoms in total. The average Bonchev–Trinajstić information content (AvgIpc) is 2.81. The number of rotatable bonds is 5. The standard InChI is InChI=1S/C14H18N2O3/c1-9(2)11(14(17)18)7-16(3)10-4-5-12-13(6-10)19-8-15-12/h4-6,8-9,11H,7H2,1-3H3,(H,17,18). The molecule has 1 heterocycles. The van der Waals surface area contributed by atoms with Gasteiger partial charge < -0.3 is 14.4 Å². The highest BCUT2D eigenvalue weighted by Crippen LogP contribution is 2.22. The molecule has 0 spiro atoms. The lowest BCUT2D eigenvalue weighted by atomic mass is 9.95. The zero-order valence-electron chi connectivity index (χ0n) is 11.3. The molecular formula is C14H18N2O3. The first-order valence-corrected chi connectivity index (χ1v) is 6.26. The van der Waals surface area contributed by atoms with Crippen LogP contribution in [-0.4, -0.2) is 29.7 Å². The number of carbonyl (C=O) groups is 1. The summed E-state index contributed by atoms with van der Waals surface area (Å²) >= 11 is 0. The highest BCUT2D eigenvalue weighted by Gasteiger charge is 2.23. The summed E-state index contributed by atoms with van der Waals surface area (Å²) in [4.78, 5) is 17.2. The van der Waals surface area contributed by atoms with E-state index in [0.717, 1.165) is 11.2 Å². The number of hydrogen-bond donors (Lipinski definition) is 1. The van der Waals surface area contributed by atoms with Crippen LogP contribution < -0.4 is 4.90 Å². The number of nitrogens with zero attached hydrogens (tertiary/aromatic N) is 2. The predicted molar refractivity (Wildman–Crippen MR) is 73.2 cm³/mol. The van der Waals surface area contributed by atoms with Gasteiger partial charge >= 0.3 is 5.97 Å². The van der Waals surface area contributed by atoms with Gasteiger partial charge in [0.15, 0.2) is 12.0 Å². The topological polar surface area (TPSA) is 66.6 Å². The molecule has 0 bridgehead atoms. The summed E-state index contributed by atoms with van der Waals surface area (Å²) in [6.45, 7) is 4.31. The van der Waals surface area contributed by atoms with Gasteiger partial charge in [0.05, 0.1) is 5.92 Å². The maximum Gasteiger partial charge on any atom is 0.308 e. The number of aromatic nitrogens is 1. The second kappa shape index (κ2) is 5.30. The molecule has 102 valence electrons. The Morgan fingerprint density at radius 3 is 2.84 bits per heavy atom. The lowest BCUT2D eigenvalue weighted by Gasteiger charge is -2.25. The number of carboxylic acid groups (broad SMARTS) is 1. The van der Waals surface area contributed by atoms with Crippen LogP contribution in [0, 0.1) is 11.8 Å². The summed E-state index contributed by atoms with van der Waals surface area (Å²) in [5.41, 5.74) is 2.44. The van der Waals surface area contributed by atoms with E-state index in [-0.39, 0.29) is 5.92 Å². The Labute approximate surface area is 111 Å². The van der Waals surface area contributed by atoms with Gasteiger partial charge in [-0.25, -0.2) is 4.98 Å². The molecule has 0 aliphatic heterocycles. The van der Waals surface area contributed by atoms with E-state index < -0.39 is 11.9 Å². The fourth-order valence-electron chi connectivity index (χ4n) is 2.06. The summed E-state index contributed by atoms with van der Waals surface area (Å²) < 4.78 is 5.25. The van der Waals surface area contributed by atoms with E-state index in [1.54, 1.807) is 0 Å². The van der Waals surface area contributed by atoms with Crippen molar-refractivity contribution in [2.75, 3.05) is 18.5 Å². The molecule has 1 aromatic carbocycles. The molecule has 1 N–H and O–H groups in total. The maximum atomic E-state index is 11.2. The van der Waals surface area contributed by atoms with Gasteiger partial charge in [-0.15, -0.1) is 0 Å². The molecule has 5 heteroatoms.